The average molecular weight is 210 g/mol. The molecule has 0 aliphatic carbocycles. The van der Waals surface area contributed by atoms with Gasteiger partial charge in [-0.15, -0.1) is 0 Å². The minimum absolute atomic E-state index is 0.139. The molecule has 0 saturated carbocycles. The van der Waals surface area contributed by atoms with E-state index in [2.05, 4.69) is 25.2 Å². The summed E-state index contributed by atoms with van der Waals surface area (Å²) < 4.78 is 4.80. The first-order chi connectivity index (χ1) is 7.31. The summed E-state index contributed by atoms with van der Waals surface area (Å²) in [5.74, 6) is -0.139. The standard InChI is InChI=1S/C13H22O2/c1-3-5-6-7-8-9-10-11-12-13(14)15-4-2/h5-6,10-11H,3-4,7-9,12H2,1-2H3/b6-5+,11-10+. The van der Waals surface area contributed by atoms with Crippen molar-refractivity contribution in [3.63, 3.8) is 0 Å². The molecule has 0 aliphatic heterocycles. The predicted molar refractivity (Wildman–Crippen MR) is 63.7 cm³/mol. The van der Waals surface area contributed by atoms with Crippen molar-refractivity contribution in [1.29, 1.82) is 0 Å². The molecular weight excluding hydrogens is 188 g/mol. The van der Waals surface area contributed by atoms with Crippen molar-refractivity contribution in [2.45, 2.75) is 46.0 Å². The molecule has 0 unspecified atom stereocenters. The van der Waals surface area contributed by atoms with Gasteiger partial charge in [-0.3, -0.25) is 4.79 Å². The van der Waals surface area contributed by atoms with Crippen LogP contribution < -0.4 is 0 Å². The Morgan fingerprint density at radius 1 is 1.07 bits per heavy atom. The van der Waals surface area contributed by atoms with Crippen LogP contribution in [0.4, 0.5) is 0 Å². The monoisotopic (exact) mass is 210 g/mol. The lowest BCUT2D eigenvalue weighted by Crippen LogP contribution is -2.01. The van der Waals surface area contributed by atoms with Crippen LogP contribution in [0.1, 0.15) is 46.0 Å². The molecule has 2 heteroatoms. The molecule has 0 atom stereocenters. The Labute approximate surface area is 93.0 Å². The number of allylic oxidation sites excluding steroid dienone is 3. The molecule has 0 aromatic rings. The normalized spacial score (nSPS) is 11.3. The molecule has 0 N–H and O–H groups in total. The lowest BCUT2D eigenvalue weighted by atomic mass is 10.2. The van der Waals surface area contributed by atoms with E-state index in [9.17, 15) is 4.79 Å². The topological polar surface area (TPSA) is 26.3 Å². The highest BCUT2D eigenvalue weighted by molar-refractivity contribution is 5.71. The van der Waals surface area contributed by atoms with Crippen LogP contribution in [0.25, 0.3) is 0 Å². The number of unbranched alkanes of at least 4 members (excludes halogenated alkanes) is 2. The molecule has 0 heterocycles. The zero-order valence-corrected chi connectivity index (χ0v) is 9.87. The maximum Gasteiger partial charge on any atom is 0.309 e. The quantitative estimate of drug-likeness (QED) is 0.347. The van der Waals surface area contributed by atoms with E-state index in [1.807, 2.05) is 13.0 Å². The molecule has 0 bridgehead atoms. The van der Waals surface area contributed by atoms with Crippen molar-refractivity contribution in [3.8, 4) is 0 Å². The fraction of sp³-hybridized carbons (Fsp3) is 0.615. The number of hydrogen-bond acceptors (Lipinski definition) is 2. The van der Waals surface area contributed by atoms with Gasteiger partial charge in [-0.05, 0) is 32.6 Å². The molecule has 0 saturated heterocycles. The second kappa shape index (κ2) is 11.0. The summed E-state index contributed by atoms with van der Waals surface area (Å²) in [7, 11) is 0. The summed E-state index contributed by atoms with van der Waals surface area (Å²) in [6.07, 6.45) is 13.2. The third kappa shape index (κ3) is 10.9. The predicted octanol–water partition coefficient (Wildman–Crippen LogP) is 3.63. The van der Waals surface area contributed by atoms with Crippen LogP contribution >= 0.6 is 0 Å². The Morgan fingerprint density at radius 2 is 1.73 bits per heavy atom. The van der Waals surface area contributed by atoms with Crippen LogP contribution in [-0.4, -0.2) is 12.6 Å². The van der Waals surface area contributed by atoms with E-state index >= 15 is 0 Å². The van der Waals surface area contributed by atoms with Crippen molar-refractivity contribution in [3.05, 3.63) is 24.3 Å². The van der Waals surface area contributed by atoms with E-state index in [0.29, 0.717) is 13.0 Å². The Bertz CT molecular complexity index is 205. The van der Waals surface area contributed by atoms with Gasteiger partial charge in [0.1, 0.15) is 0 Å². The Morgan fingerprint density at radius 3 is 2.33 bits per heavy atom. The van der Waals surface area contributed by atoms with Crippen molar-refractivity contribution in [2.24, 2.45) is 0 Å². The molecule has 2 nitrogen and oxygen atoms in total. The van der Waals surface area contributed by atoms with Gasteiger partial charge < -0.3 is 4.74 Å². The fourth-order valence-electron chi connectivity index (χ4n) is 1.16. The minimum Gasteiger partial charge on any atom is -0.466 e. The number of ether oxygens (including phenoxy) is 1. The third-order valence-electron chi connectivity index (χ3n) is 1.90. The Balaban J connectivity index is 3.31. The minimum atomic E-state index is -0.139. The highest BCUT2D eigenvalue weighted by atomic mass is 16.5. The van der Waals surface area contributed by atoms with Crippen LogP contribution in [-0.2, 0) is 9.53 Å². The average Bonchev–Trinajstić information content (AvgIpc) is 2.22. The first-order valence-electron chi connectivity index (χ1n) is 5.76. The van der Waals surface area contributed by atoms with Crippen LogP contribution in [0.5, 0.6) is 0 Å². The molecule has 0 rings (SSSR count). The van der Waals surface area contributed by atoms with Crippen molar-refractivity contribution in [1.82, 2.24) is 0 Å². The van der Waals surface area contributed by atoms with Gasteiger partial charge in [0.2, 0.25) is 0 Å². The number of carbonyl (C=O) groups is 1. The second-order valence-electron chi connectivity index (χ2n) is 3.29. The van der Waals surface area contributed by atoms with E-state index in [4.69, 9.17) is 4.74 Å². The molecule has 0 aliphatic rings. The zero-order chi connectivity index (χ0) is 11.4. The summed E-state index contributed by atoms with van der Waals surface area (Å²) >= 11 is 0. The summed E-state index contributed by atoms with van der Waals surface area (Å²) in [4.78, 5) is 10.9. The molecule has 0 radical (unpaired) electrons. The van der Waals surface area contributed by atoms with E-state index in [1.165, 1.54) is 0 Å². The van der Waals surface area contributed by atoms with E-state index in [0.717, 1.165) is 25.7 Å². The SMILES string of the molecule is CC/C=C/CCC/C=C/CC(=O)OCC. The molecule has 86 valence electrons. The van der Waals surface area contributed by atoms with Gasteiger partial charge in [0.05, 0.1) is 13.0 Å². The van der Waals surface area contributed by atoms with Gasteiger partial charge in [0, 0.05) is 0 Å². The van der Waals surface area contributed by atoms with E-state index < -0.39 is 0 Å². The fourth-order valence-corrected chi connectivity index (χ4v) is 1.16. The summed E-state index contributed by atoms with van der Waals surface area (Å²) in [6, 6.07) is 0. The van der Waals surface area contributed by atoms with Crippen LogP contribution in [0.3, 0.4) is 0 Å². The number of esters is 1. The number of carbonyl (C=O) groups excluding carboxylic acids is 1. The van der Waals surface area contributed by atoms with Crippen molar-refractivity contribution < 1.29 is 9.53 Å². The van der Waals surface area contributed by atoms with Gasteiger partial charge >= 0.3 is 5.97 Å². The van der Waals surface area contributed by atoms with Gasteiger partial charge in [-0.2, -0.15) is 0 Å². The lowest BCUT2D eigenvalue weighted by Gasteiger charge is -1.96. The molecule has 0 fully saturated rings. The van der Waals surface area contributed by atoms with Gasteiger partial charge in [0.15, 0.2) is 0 Å². The third-order valence-corrected chi connectivity index (χ3v) is 1.90. The van der Waals surface area contributed by atoms with Crippen LogP contribution in [0.15, 0.2) is 24.3 Å². The highest BCUT2D eigenvalue weighted by Gasteiger charge is 1.95. The van der Waals surface area contributed by atoms with E-state index in [1.54, 1.807) is 0 Å². The molecule has 0 spiro atoms. The smallest absolute Gasteiger partial charge is 0.309 e. The lowest BCUT2D eigenvalue weighted by molar-refractivity contribution is -0.142. The Hall–Kier alpha value is -1.05. The van der Waals surface area contributed by atoms with E-state index in [-0.39, 0.29) is 5.97 Å². The first kappa shape index (κ1) is 13.9. The second-order valence-corrected chi connectivity index (χ2v) is 3.29. The number of rotatable bonds is 8. The van der Waals surface area contributed by atoms with Gasteiger partial charge in [-0.25, -0.2) is 0 Å². The largest absolute Gasteiger partial charge is 0.466 e. The van der Waals surface area contributed by atoms with Gasteiger partial charge in [-0.1, -0.05) is 31.2 Å². The molecule has 0 amide bonds. The zero-order valence-electron chi connectivity index (χ0n) is 9.87. The summed E-state index contributed by atoms with van der Waals surface area (Å²) in [5, 5.41) is 0. The maximum absolute atomic E-state index is 10.9. The molecule has 0 aromatic carbocycles. The highest BCUT2D eigenvalue weighted by Crippen LogP contribution is 1.99. The van der Waals surface area contributed by atoms with Crippen LogP contribution in [0.2, 0.25) is 0 Å². The maximum atomic E-state index is 10.9. The van der Waals surface area contributed by atoms with Crippen molar-refractivity contribution >= 4 is 5.97 Å². The summed E-state index contributed by atoms with van der Waals surface area (Å²) in [5.41, 5.74) is 0. The summed E-state index contributed by atoms with van der Waals surface area (Å²) in [6.45, 7) is 4.42. The number of hydrogen-bond donors (Lipinski definition) is 0. The van der Waals surface area contributed by atoms with Crippen molar-refractivity contribution in [2.75, 3.05) is 6.61 Å². The molecule has 15 heavy (non-hydrogen) atoms. The van der Waals surface area contributed by atoms with Crippen LogP contribution in [0, 0.1) is 0 Å². The molecular formula is C13H22O2. The van der Waals surface area contributed by atoms with Gasteiger partial charge in [0.25, 0.3) is 0 Å². The first-order valence-corrected chi connectivity index (χ1v) is 5.76. The Kier molecular flexibility index (Phi) is 10.3. The molecule has 0 aromatic heterocycles.